The van der Waals surface area contributed by atoms with Gasteiger partial charge < -0.3 is 23.8 Å². The maximum atomic E-state index is 12.1. The fourth-order valence-electron chi connectivity index (χ4n) is 1.61. The van der Waals surface area contributed by atoms with Gasteiger partial charge in [-0.2, -0.15) is 0 Å². The summed E-state index contributed by atoms with van der Waals surface area (Å²) in [5, 5.41) is 0. The van der Waals surface area contributed by atoms with Gasteiger partial charge in [0.15, 0.2) is 6.61 Å². The Morgan fingerprint density at radius 1 is 0.870 bits per heavy atom. The summed E-state index contributed by atoms with van der Waals surface area (Å²) in [7, 11) is 1.24. The summed E-state index contributed by atoms with van der Waals surface area (Å²) in [6.45, 7) is 6.13. The second-order valence-corrected chi connectivity index (χ2v) is 4.51. The second-order valence-electron chi connectivity index (χ2n) is 4.51. The molecule has 0 radical (unpaired) electrons. The Kier molecular flexibility index (Phi) is 12.9. The van der Waals surface area contributed by atoms with Crippen LogP contribution in [0.4, 0.5) is 0 Å². The number of esters is 2. The van der Waals surface area contributed by atoms with Gasteiger partial charge in [0.1, 0.15) is 0 Å². The zero-order valence-corrected chi connectivity index (χ0v) is 14.2. The minimum atomic E-state index is -0.613. The third kappa shape index (κ3) is 11.5. The Balaban J connectivity index is 4.18. The van der Waals surface area contributed by atoms with Crippen LogP contribution in [-0.2, 0) is 33.3 Å². The average Bonchev–Trinajstić information content (AvgIpc) is 2.56. The Hall–Kier alpha value is -1.67. The molecular formula is C15H27NO7. The first-order valence-corrected chi connectivity index (χ1v) is 7.70. The van der Waals surface area contributed by atoms with E-state index in [1.807, 2.05) is 13.8 Å². The molecular weight excluding hydrogens is 306 g/mol. The number of carbonyl (C=O) groups excluding carboxylic acids is 3. The van der Waals surface area contributed by atoms with Crippen LogP contribution in [0.25, 0.3) is 0 Å². The van der Waals surface area contributed by atoms with Crippen molar-refractivity contribution >= 4 is 17.8 Å². The highest BCUT2D eigenvalue weighted by Gasteiger charge is 2.16. The maximum Gasteiger partial charge on any atom is 0.306 e. The first-order valence-electron chi connectivity index (χ1n) is 7.70. The molecule has 0 aliphatic carbocycles. The van der Waals surface area contributed by atoms with Crippen molar-refractivity contribution in [3.63, 3.8) is 0 Å². The summed E-state index contributed by atoms with van der Waals surface area (Å²) in [6, 6.07) is 0. The molecule has 0 atom stereocenters. The molecule has 0 aromatic rings. The average molecular weight is 333 g/mol. The predicted molar refractivity (Wildman–Crippen MR) is 81.8 cm³/mol. The largest absolute Gasteiger partial charge is 0.469 e. The number of ether oxygens (including phenoxy) is 4. The van der Waals surface area contributed by atoms with Crippen molar-refractivity contribution < 1.29 is 33.3 Å². The molecule has 0 aliphatic heterocycles. The Bertz CT molecular complexity index is 350. The molecule has 0 aliphatic rings. The second kappa shape index (κ2) is 14.0. The van der Waals surface area contributed by atoms with Crippen molar-refractivity contribution in [2.45, 2.75) is 26.7 Å². The fraction of sp³-hybridized carbons (Fsp3) is 0.800. The van der Waals surface area contributed by atoms with Crippen molar-refractivity contribution in [1.82, 2.24) is 4.90 Å². The van der Waals surface area contributed by atoms with Crippen LogP contribution in [0.1, 0.15) is 26.7 Å². The fourth-order valence-corrected chi connectivity index (χ4v) is 1.61. The topological polar surface area (TPSA) is 91.4 Å². The molecule has 0 unspecified atom stereocenters. The van der Waals surface area contributed by atoms with Crippen LogP contribution >= 0.6 is 0 Å². The molecule has 0 spiro atoms. The van der Waals surface area contributed by atoms with E-state index in [1.165, 1.54) is 12.0 Å². The molecule has 0 bridgehead atoms. The van der Waals surface area contributed by atoms with Crippen molar-refractivity contribution in [3.05, 3.63) is 0 Å². The zero-order valence-electron chi connectivity index (χ0n) is 14.2. The summed E-state index contributed by atoms with van der Waals surface area (Å²) in [5.41, 5.74) is 0. The van der Waals surface area contributed by atoms with Crippen molar-refractivity contribution in [2.75, 3.05) is 53.2 Å². The highest BCUT2D eigenvalue weighted by atomic mass is 16.5. The highest BCUT2D eigenvalue weighted by Crippen LogP contribution is 1.98. The summed E-state index contributed by atoms with van der Waals surface area (Å²) in [5.74, 6) is -1.43. The molecule has 0 aromatic carbocycles. The smallest absolute Gasteiger partial charge is 0.306 e. The van der Waals surface area contributed by atoms with Crippen LogP contribution in [0.3, 0.4) is 0 Å². The van der Waals surface area contributed by atoms with Crippen molar-refractivity contribution in [3.8, 4) is 0 Å². The van der Waals surface area contributed by atoms with Gasteiger partial charge in [-0.25, -0.2) is 0 Å². The molecule has 0 heterocycles. The van der Waals surface area contributed by atoms with Gasteiger partial charge in [-0.1, -0.05) is 0 Å². The van der Waals surface area contributed by atoms with E-state index in [2.05, 4.69) is 4.74 Å². The Morgan fingerprint density at radius 2 is 1.39 bits per heavy atom. The molecule has 0 fully saturated rings. The molecule has 8 heteroatoms. The first-order chi connectivity index (χ1) is 11.0. The van der Waals surface area contributed by atoms with Gasteiger partial charge in [-0.3, -0.25) is 14.4 Å². The molecule has 0 rings (SSSR count). The van der Waals surface area contributed by atoms with Crippen molar-refractivity contribution in [1.29, 1.82) is 0 Å². The van der Waals surface area contributed by atoms with Gasteiger partial charge in [-0.05, 0) is 13.8 Å². The van der Waals surface area contributed by atoms with Crippen LogP contribution in [0.15, 0.2) is 0 Å². The van der Waals surface area contributed by atoms with Gasteiger partial charge in [0.2, 0.25) is 0 Å². The number of methoxy groups -OCH3 is 1. The Labute approximate surface area is 137 Å². The summed E-state index contributed by atoms with van der Waals surface area (Å²) in [6.07, 6.45) is -0.181. The summed E-state index contributed by atoms with van der Waals surface area (Å²) >= 11 is 0. The lowest BCUT2D eigenvalue weighted by molar-refractivity contribution is -0.154. The van der Waals surface area contributed by atoms with E-state index in [1.54, 1.807) is 0 Å². The minimum absolute atomic E-state index is 0.0675. The lowest BCUT2D eigenvalue weighted by atomic mass is 10.3. The van der Waals surface area contributed by atoms with E-state index in [4.69, 9.17) is 14.2 Å². The van der Waals surface area contributed by atoms with Crippen molar-refractivity contribution in [2.24, 2.45) is 0 Å². The minimum Gasteiger partial charge on any atom is -0.469 e. The summed E-state index contributed by atoms with van der Waals surface area (Å²) in [4.78, 5) is 36.0. The monoisotopic (exact) mass is 333 g/mol. The first kappa shape index (κ1) is 21.3. The van der Waals surface area contributed by atoms with Crippen LogP contribution in [-0.4, -0.2) is 76.0 Å². The number of rotatable bonds is 13. The molecule has 134 valence electrons. The van der Waals surface area contributed by atoms with Gasteiger partial charge >= 0.3 is 11.9 Å². The standard InChI is InChI=1S/C15H27NO7/c1-4-21-10-8-16(9-11-22-5-2)13(17)12-23-15(19)7-6-14(18)20-3/h4-12H2,1-3H3. The molecule has 0 saturated carbocycles. The van der Waals surface area contributed by atoms with Crippen LogP contribution in [0.5, 0.6) is 0 Å². The molecule has 1 amide bonds. The van der Waals surface area contributed by atoms with Gasteiger partial charge in [0.25, 0.3) is 5.91 Å². The van der Waals surface area contributed by atoms with E-state index in [0.717, 1.165) is 0 Å². The van der Waals surface area contributed by atoms with Crippen LogP contribution in [0, 0.1) is 0 Å². The van der Waals surface area contributed by atoms with E-state index >= 15 is 0 Å². The zero-order chi connectivity index (χ0) is 17.5. The number of amides is 1. The number of hydrogen-bond donors (Lipinski definition) is 0. The third-order valence-corrected chi connectivity index (χ3v) is 2.89. The number of nitrogens with zero attached hydrogens (tertiary/aromatic N) is 1. The van der Waals surface area contributed by atoms with E-state index in [9.17, 15) is 14.4 Å². The predicted octanol–water partition coefficient (Wildman–Crippen LogP) is 0.384. The molecule has 8 nitrogen and oxygen atoms in total. The normalized spacial score (nSPS) is 10.2. The summed E-state index contributed by atoms with van der Waals surface area (Å²) < 4.78 is 19.8. The van der Waals surface area contributed by atoms with Crippen LogP contribution in [0.2, 0.25) is 0 Å². The van der Waals surface area contributed by atoms with Crippen LogP contribution < -0.4 is 0 Å². The van der Waals surface area contributed by atoms with E-state index in [-0.39, 0.29) is 25.4 Å². The number of hydrogen-bond acceptors (Lipinski definition) is 7. The van der Waals surface area contributed by atoms with E-state index < -0.39 is 11.9 Å². The lowest BCUT2D eigenvalue weighted by Gasteiger charge is -2.22. The molecule has 0 aromatic heterocycles. The molecule has 0 saturated heterocycles. The quantitative estimate of drug-likeness (QED) is 0.355. The molecule has 23 heavy (non-hydrogen) atoms. The molecule has 0 N–H and O–H groups in total. The number of carbonyl (C=O) groups is 3. The van der Waals surface area contributed by atoms with Gasteiger partial charge in [-0.15, -0.1) is 0 Å². The SMILES string of the molecule is CCOCCN(CCOCC)C(=O)COC(=O)CCC(=O)OC. The van der Waals surface area contributed by atoms with E-state index in [0.29, 0.717) is 39.5 Å². The Morgan fingerprint density at radius 3 is 1.87 bits per heavy atom. The van der Waals surface area contributed by atoms with Gasteiger partial charge in [0, 0.05) is 26.3 Å². The highest BCUT2D eigenvalue weighted by molar-refractivity contribution is 5.82. The van der Waals surface area contributed by atoms with Gasteiger partial charge in [0.05, 0.1) is 33.2 Å². The maximum absolute atomic E-state index is 12.1. The lowest BCUT2D eigenvalue weighted by Crippen LogP contribution is -2.39. The third-order valence-electron chi connectivity index (χ3n) is 2.89.